The van der Waals surface area contributed by atoms with Gasteiger partial charge >= 0.3 is 59.1 Å². The van der Waals surface area contributed by atoms with Gasteiger partial charge in [-0.05, 0) is 0 Å². The van der Waals surface area contributed by atoms with Crippen LogP contribution in [-0.4, -0.2) is 46.5 Å². The molecule has 4 atom stereocenters. The maximum atomic E-state index is 10.3. The van der Waals surface area contributed by atoms with Crippen molar-refractivity contribution in [3.8, 4) is 0 Å². The molecule has 1 aliphatic heterocycles. The summed E-state index contributed by atoms with van der Waals surface area (Å²) in [5.41, 5.74) is 0. The van der Waals surface area contributed by atoms with Gasteiger partial charge in [0, 0.05) is 6.42 Å². The minimum absolute atomic E-state index is 0. The van der Waals surface area contributed by atoms with Gasteiger partial charge in [0.25, 0.3) is 0 Å². The van der Waals surface area contributed by atoms with Crippen LogP contribution in [0.25, 0.3) is 0 Å². The minimum atomic E-state index is -5.28. The van der Waals surface area contributed by atoms with E-state index in [9.17, 15) is 24.6 Å². The molecule has 1 rings (SSSR count). The van der Waals surface area contributed by atoms with E-state index in [1.807, 2.05) is 0 Å². The van der Waals surface area contributed by atoms with Gasteiger partial charge in [-0.25, -0.2) is 0 Å². The zero-order valence-corrected chi connectivity index (χ0v) is 14.4. The molecule has 1 fully saturated rings. The molecule has 0 unspecified atom stereocenters. The van der Waals surface area contributed by atoms with Crippen molar-refractivity contribution in [2.24, 2.45) is 0 Å². The number of ether oxygens (including phenoxy) is 1. The minimum Gasteiger partial charge on any atom is -0.790 e. The van der Waals surface area contributed by atoms with Crippen LogP contribution < -0.4 is 68.9 Å². The molecule has 8 nitrogen and oxygen atoms in total. The van der Waals surface area contributed by atoms with Crippen LogP contribution in [0.4, 0.5) is 0 Å². The van der Waals surface area contributed by atoms with Crippen molar-refractivity contribution in [3.05, 3.63) is 0 Å². The standard InChI is InChI=1S/C6H13O8P.2Na/c7-2-5-3(8)1-4(9)6(13-5)14-15(10,11)12;;/h3-9H,1-2H2,(H2,10,11,12);;/q;2*+1/p-2/t3-,4+,5+,6-;;/m0../s1. The van der Waals surface area contributed by atoms with Gasteiger partial charge in [0.15, 0.2) is 6.29 Å². The molecule has 1 aliphatic rings. The molecule has 0 saturated carbocycles. The van der Waals surface area contributed by atoms with E-state index in [0.29, 0.717) is 0 Å². The SMILES string of the molecule is O=P([O-])([O-])O[C@@H]1O[C@H](CO)[C@@H](O)C[C@H]1O.[Na+].[Na+]. The Morgan fingerprint density at radius 1 is 1.29 bits per heavy atom. The number of phosphoric ester groups is 1. The Labute approximate surface area is 142 Å². The normalized spacial score (nSPS) is 33.5. The van der Waals surface area contributed by atoms with E-state index in [0.717, 1.165) is 0 Å². The molecular weight excluding hydrogens is 277 g/mol. The maximum Gasteiger partial charge on any atom is 1.00 e. The first-order chi connectivity index (χ1) is 6.83. The van der Waals surface area contributed by atoms with Crippen molar-refractivity contribution in [2.45, 2.75) is 31.0 Å². The summed E-state index contributed by atoms with van der Waals surface area (Å²) in [6.45, 7) is -0.574. The molecule has 0 radical (unpaired) electrons. The summed E-state index contributed by atoms with van der Waals surface area (Å²) in [6, 6.07) is 0. The number of hydrogen-bond acceptors (Lipinski definition) is 8. The predicted octanol–water partition coefficient (Wildman–Crippen LogP) is -9.33. The third-order valence-electron chi connectivity index (χ3n) is 1.95. The van der Waals surface area contributed by atoms with Crippen molar-refractivity contribution in [1.29, 1.82) is 0 Å². The van der Waals surface area contributed by atoms with Gasteiger partial charge in [0.1, 0.15) is 12.2 Å². The monoisotopic (exact) mass is 288 g/mol. The van der Waals surface area contributed by atoms with Crippen LogP contribution in [0.5, 0.6) is 0 Å². The summed E-state index contributed by atoms with van der Waals surface area (Å²) in [4.78, 5) is 20.5. The van der Waals surface area contributed by atoms with Crippen molar-refractivity contribution < 1.29 is 98.0 Å². The molecule has 0 aromatic carbocycles. The second-order valence-electron chi connectivity index (χ2n) is 3.15. The Morgan fingerprint density at radius 2 is 1.82 bits per heavy atom. The smallest absolute Gasteiger partial charge is 0.790 e. The fourth-order valence-corrected chi connectivity index (χ4v) is 1.70. The topological polar surface area (TPSA) is 142 Å². The number of aliphatic hydroxyl groups excluding tert-OH is 3. The summed E-state index contributed by atoms with van der Waals surface area (Å²) in [6.07, 6.45) is -5.56. The maximum absolute atomic E-state index is 10.3. The zero-order valence-electron chi connectivity index (χ0n) is 9.55. The van der Waals surface area contributed by atoms with Crippen LogP contribution in [0.15, 0.2) is 0 Å². The Kier molecular flexibility index (Phi) is 11.2. The first kappa shape index (κ1) is 21.3. The molecule has 11 heteroatoms. The molecule has 0 aromatic heterocycles. The van der Waals surface area contributed by atoms with Crippen LogP contribution >= 0.6 is 7.82 Å². The molecule has 0 bridgehead atoms. The van der Waals surface area contributed by atoms with Crippen LogP contribution in [0, 0.1) is 0 Å². The van der Waals surface area contributed by atoms with Gasteiger partial charge in [-0.1, -0.05) is 0 Å². The second kappa shape index (κ2) is 8.99. The zero-order chi connectivity index (χ0) is 11.6. The van der Waals surface area contributed by atoms with Crippen LogP contribution in [0.1, 0.15) is 6.42 Å². The molecule has 0 aliphatic carbocycles. The van der Waals surface area contributed by atoms with Gasteiger partial charge in [-0.15, -0.1) is 0 Å². The Morgan fingerprint density at radius 3 is 2.24 bits per heavy atom. The van der Waals surface area contributed by atoms with Crippen molar-refractivity contribution >= 4 is 7.82 Å². The molecule has 1 heterocycles. The Hall–Kier alpha value is 1.95. The van der Waals surface area contributed by atoms with E-state index in [4.69, 9.17) is 9.84 Å². The van der Waals surface area contributed by atoms with E-state index in [-0.39, 0.29) is 65.5 Å². The molecule has 1 saturated heterocycles. The second-order valence-corrected chi connectivity index (χ2v) is 4.25. The summed E-state index contributed by atoms with van der Waals surface area (Å²) in [7, 11) is -5.28. The molecule has 0 amide bonds. The first-order valence-electron chi connectivity index (χ1n) is 4.16. The fourth-order valence-electron chi connectivity index (χ4n) is 1.25. The van der Waals surface area contributed by atoms with Gasteiger partial charge < -0.3 is 38.9 Å². The van der Waals surface area contributed by atoms with Gasteiger partial charge in [-0.2, -0.15) is 0 Å². The van der Waals surface area contributed by atoms with Crippen LogP contribution in [0.3, 0.4) is 0 Å². The quantitative estimate of drug-likeness (QED) is 0.343. The van der Waals surface area contributed by atoms with Gasteiger partial charge in [0.05, 0.1) is 20.5 Å². The number of rotatable bonds is 3. The van der Waals surface area contributed by atoms with Crippen LogP contribution in [0.2, 0.25) is 0 Å². The average molecular weight is 288 g/mol. The Balaban J connectivity index is 0. The fraction of sp³-hybridized carbons (Fsp3) is 1.00. The van der Waals surface area contributed by atoms with Gasteiger partial charge in [0.2, 0.25) is 0 Å². The van der Waals surface area contributed by atoms with Gasteiger partial charge in [-0.3, -0.25) is 0 Å². The summed E-state index contributed by atoms with van der Waals surface area (Å²) in [5.74, 6) is 0. The van der Waals surface area contributed by atoms with E-state index >= 15 is 0 Å². The van der Waals surface area contributed by atoms with Crippen molar-refractivity contribution in [2.75, 3.05) is 6.61 Å². The average Bonchev–Trinajstić information content (AvgIpc) is 2.07. The van der Waals surface area contributed by atoms with Crippen molar-refractivity contribution in [3.63, 3.8) is 0 Å². The summed E-state index contributed by atoms with van der Waals surface area (Å²) >= 11 is 0. The van der Waals surface area contributed by atoms with E-state index in [2.05, 4.69) is 4.52 Å². The summed E-state index contributed by atoms with van der Waals surface area (Å²) < 4.78 is 18.9. The predicted molar refractivity (Wildman–Crippen MR) is 41.1 cm³/mol. The molecule has 0 aromatic rings. The van der Waals surface area contributed by atoms with E-state index in [1.165, 1.54) is 0 Å². The molecule has 0 spiro atoms. The van der Waals surface area contributed by atoms with E-state index < -0.39 is 39.0 Å². The number of hydrogen-bond donors (Lipinski definition) is 3. The third-order valence-corrected chi connectivity index (χ3v) is 2.41. The third kappa shape index (κ3) is 7.34. The first-order valence-corrected chi connectivity index (χ1v) is 5.62. The summed E-state index contributed by atoms with van der Waals surface area (Å²) in [5, 5.41) is 27.2. The Bertz CT molecular complexity index is 260. The van der Waals surface area contributed by atoms with Crippen molar-refractivity contribution in [1.82, 2.24) is 0 Å². The number of phosphoric acid groups is 1. The molecule has 17 heavy (non-hydrogen) atoms. The number of aliphatic hydroxyl groups is 3. The molecular formula is C6H11Na2O8P. The molecule has 3 N–H and O–H groups in total. The molecule has 90 valence electrons. The largest absolute Gasteiger partial charge is 1.00 e. The van der Waals surface area contributed by atoms with E-state index in [1.54, 1.807) is 0 Å². The van der Waals surface area contributed by atoms with Crippen LogP contribution in [-0.2, 0) is 13.8 Å².